The molecule has 0 aliphatic heterocycles. The minimum atomic E-state index is -0.0244. The Bertz CT molecular complexity index is 675. The van der Waals surface area contributed by atoms with Gasteiger partial charge in [0.2, 0.25) is 0 Å². The van der Waals surface area contributed by atoms with Gasteiger partial charge in [0.25, 0.3) is 0 Å². The highest BCUT2D eigenvalue weighted by atomic mass is 16.5. The number of ether oxygens (including phenoxy) is 1. The summed E-state index contributed by atoms with van der Waals surface area (Å²) in [6.45, 7) is 6.76. The molecule has 0 aromatic carbocycles. The van der Waals surface area contributed by atoms with E-state index in [4.69, 9.17) is 4.74 Å². The first-order valence-electron chi connectivity index (χ1n) is 10.5. The molecular weight excluding hydrogens is 324 g/mol. The molecule has 0 radical (unpaired) electrons. The Kier molecular flexibility index (Phi) is 4.40. The number of esters is 1. The Morgan fingerprint density at radius 3 is 2.77 bits per heavy atom. The second-order valence-electron chi connectivity index (χ2n) is 9.48. The second kappa shape index (κ2) is 6.35. The van der Waals surface area contributed by atoms with Crippen LogP contribution in [0.5, 0.6) is 0 Å². The number of carbonyl (C=O) groups is 2. The van der Waals surface area contributed by atoms with E-state index < -0.39 is 0 Å². The zero-order valence-corrected chi connectivity index (χ0v) is 16.4. The van der Waals surface area contributed by atoms with E-state index in [-0.39, 0.29) is 28.7 Å². The molecule has 0 amide bonds. The van der Waals surface area contributed by atoms with Crippen molar-refractivity contribution in [2.75, 3.05) is 0 Å². The van der Waals surface area contributed by atoms with Crippen LogP contribution in [-0.2, 0) is 14.3 Å². The van der Waals surface area contributed by atoms with Crippen molar-refractivity contribution in [2.24, 2.45) is 28.6 Å². The van der Waals surface area contributed by atoms with Gasteiger partial charge in [-0.15, -0.1) is 0 Å². The summed E-state index contributed by atoms with van der Waals surface area (Å²) in [7, 11) is 0. The summed E-state index contributed by atoms with van der Waals surface area (Å²) in [5.74, 6) is 2.02. The lowest BCUT2D eigenvalue weighted by molar-refractivity contribution is -0.158. The van der Waals surface area contributed by atoms with E-state index in [2.05, 4.69) is 26.0 Å². The predicted molar refractivity (Wildman–Crippen MR) is 101 cm³/mol. The van der Waals surface area contributed by atoms with E-state index in [1.807, 2.05) is 13.0 Å². The second-order valence-corrected chi connectivity index (χ2v) is 9.48. The fourth-order valence-electron chi connectivity index (χ4n) is 6.56. The number of hydrogen-bond donors (Lipinski definition) is 0. The van der Waals surface area contributed by atoms with Crippen molar-refractivity contribution in [3.63, 3.8) is 0 Å². The highest BCUT2D eigenvalue weighted by Crippen LogP contribution is 2.64. The van der Waals surface area contributed by atoms with Crippen molar-refractivity contribution < 1.29 is 14.3 Å². The van der Waals surface area contributed by atoms with E-state index in [0.29, 0.717) is 30.6 Å². The molecule has 3 nitrogen and oxygen atoms in total. The summed E-state index contributed by atoms with van der Waals surface area (Å²) >= 11 is 0. The van der Waals surface area contributed by atoms with Crippen molar-refractivity contribution in [3.8, 4) is 0 Å². The largest absolute Gasteiger partial charge is 0.462 e. The molecule has 26 heavy (non-hydrogen) atoms. The lowest BCUT2D eigenvalue weighted by Gasteiger charge is -2.55. The first-order chi connectivity index (χ1) is 12.4. The monoisotopic (exact) mass is 356 g/mol. The van der Waals surface area contributed by atoms with Crippen LogP contribution in [0.25, 0.3) is 0 Å². The van der Waals surface area contributed by atoms with Gasteiger partial charge in [0, 0.05) is 18.3 Å². The first-order valence-corrected chi connectivity index (χ1v) is 10.5. The summed E-state index contributed by atoms with van der Waals surface area (Å²) in [5, 5.41) is 0. The number of allylic oxidation sites excluding steroid dienone is 4. The molecule has 2 fully saturated rings. The van der Waals surface area contributed by atoms with Crippen molar-refractivity contribution in [3.05, 3.63) is 23.8 Å². The number of fused-ring (bicyclic) bond motifs is 5. The minimum Gasteiger partial charge on any atom is -0.462 e. The van der Waals surface area contributed by atoms with Gasteiger partial charge >= 0.3 is 5.97 Å². The molecule has 6 atom stereocenters. The number of hydrogen-bond acceptors (Lipinski definition) is 3. The van der Waals surface area contributed by atoms with Crippen molar-refractivity contribution >= 4 is 11.8 Å². The average Bonchev–Trinajstić information content (AvgIpc) is 2.92. The Morgan fingerprint density at radius 2 is 2.00 bits per heavy atom. The number of ketones is 1. The molecule has 4 aliphatic carbocycles. The third-order valence-electron chi connectivity index (χ3n) is 8.16. The maximum atomic E-state index is 12.1. The standard InChI is InChI=1S/C23H32O3/c1-4-5-21(25)26-20-9-8-18-17-7-6-15-14-16(24)10-12-22(15,2)19(17)11-13-23(18,20)3/h6-7,14,17-20H,4-5,8-13H2,1-3H3/t17?,18?,19?,20-,22?,23?/m0/s1. The molecule has 2 saturated carbocycles. The molecule has 0 heterocycles. The molecule has 0 spiro atoms. The fourth-order valence-corrected chi connectivity index (χ4v) is 6.56. The van der Waals surface area contributed by atoms with Crippen molar-refractivity contribution in [1.29, 1.82) is 0 Å². The molecule has 0 aromatic heterocycles. The average molecular weight is 357 g/mol. The maximum Gasteiger partial charge on any atom is 0.306 e. The molecule has 0 aromatic rings. The fraction of sp³-hybridized carbons (Fsp3) is 0.739. The normalized spacial score (nSPS) is 44.0. The van der Waals surface area contributed by atoms with Crippen LogP contribution in [0.1, 0.15) is 72.1 Å². The van der Waals surface area contributed by atoms with E-state index >= 15 is 0 Å². The Labute approximate surface area is 157 Å². The highest BCUT2D eigenvalue weighted by molar-refractivity contribution is 5.92. The van der Waals surface area contributed by atoms with Crippen LogP contribution in [0, 0.1) is 28.6 Å². The summed E-state index contributed by atoms with van der Waals surface area (Å²) in [6, 6.07) is 0. The zero-order chi connectivity index (χ0) is 18.5. The summed E-state index contributed by atoms with van der Waals surface area (Å²) in [6.07, 6.45) is 14.1. The molecule has 0 bridgehead atoms. The molecule has 4 aliphatic rings. The van der Waals surface area contributed by atoms with Gasteiger partial charge in [0.1, 0.15) is 6.10 Å². The van der Waals surface area contributed by atoms with E-state index in [1.54, 1.807) is 0 Å². The van der Waals surface area contributed by atoms with Crippen molar-refractivity contribution in [2.45, 2.75) is 78.2 Å². The molecule has 3 heteroatoms. The topological polar surface area (TPSA) is 43.4 Å². The third kappa shape index (κ3) is 2.61. The van der Waals surface area contributed by atoms with Gasteiger partial charge in [-0.3, -0.25) is 9.59 Å². The van der Waals surface area contributed by atoms with Gasteiger partial charge in [-0.1, -0.05) is 32.9 Å². The Balaban J connectivity index is 1.60. The van der Waals surface area contributed by atoms with Crippen molar-refractivity contribution in [1.82, 2.24) is 0 Å². The van der Waals surface area contributed by atoms with Crippen LogP contribution in [0.2, 0.25) is 0 Å². The van der Waals surface area contributed by atoms with Crippen LogP contribution in [0.4, 0.5) is 0 Å². The SMILES string of the molecule is CCCC(=O)O[C@H]1CCC2C3C=CC4=CC(=O)CCC4(C)C3CCC21C. The summed E-state index contributed by atoms with van der Waals surface area (Å²) in [5.41, 5.74) is 1.50. The van der Waals surface area contributed by atoms with Gasteiger partial charge < -0.3 is 4.74 Å². The van der Waals surface area contributed by atoms with Gasteiger partial charge in [0.05, 0.1) is 0 Å². The lowest BCUT2D eigenvalue weighted by atomic mass is 9.49. The molecule has 5 unspecified atom stereocenters. The summed E-state index contributed by atoms with van der Waals surface area (Å²) in [4.78, 5) is 24.0. The quantitative estimate of drug-likeness (QED) is 0.668. The van der Waals surface area contributed by atoms with Crippen LogP contribution < -0.4 is 0 Å². The lowest BCUT2D eigenvalue weighted by Crippen LogP contribution is -2.50. The van der Waals surface area contributed by atoms with Gasteiger partial charge in [-0.2, -0.15) is 0 Å². The molecule has 142 valence electrons. The van der Waals surface area contributed by atoms with Gasteiger partial charge in [0.15, 0.2) is 5.78 Å². The smallest absolute Gasteiger partial charge is 0.306 e. The first kappa shape index (κ1) is 18.0. The Morgan fingerprint density at radius 1 is 1.19 bits per heavy atom. The third-order valence-corrected chi connectivity index (χ3v) is 8.16. The molecular formula is C23H32O3. The minimum absolute atomic E-state index is 0.0244. The highest BCUT2D eigenvalue weighted by Gasteiger charge is 2.59. The zero-order valence-electron chi connectivity index (χ0n) is 16.4. The number of rotatable bonds is 3. The molecule has 0 N–H and O–H groups in total. The van der Waals surface area contributed by atoms with E-state index in [9.17, 15) is 9.59 Å². The van der Waals surface area contributed by atoms with Crippen LogP contribution in [-0.4, -0.2) is 17.9 Å². The van der Waals surface area contributed by atoms with E-state index in [0.717, 1.165) is 32.1 Å². The van der Waals surface area contributed by atoms with Crippen LogP contribution in [0.15, 0.2) is 23.8 Å². The predicted octanol–water partition coefficient (Wildman–Crippen LogP) is 5.01. The molecule has 0 saturated heterocycles. The van der Waals surface area contributed by atoms with Crippen LogP contribution in [0.3, 0.4) is 0 Å². The summed E-state index contributed by atoms with van der Waals surface area (Å²) < 4.78 is 5.93. The van der Waals surface area contributed by atoms with Gasteiger partial charge in [-0.05, 0) is 73.3 Å². The van der Waals surface area contributed by atoms with Crippen LogP contribution >= 0.6 is 0 Å². The number of carbonyl (C=O) groups excluding carboxylic acids is 2. The maximum absolute atomic E-state index is 12.1. The molecule has 4 rings (SSSR count). The van der Waals surface area contributed by atoms with Gasteiger partial charge in [-0.25, -0.2) is 0 Å². The van der Waals surface area contributed by atoms with E-state index in [1.165, 1.54) is 12.0 Å². The Hall–Kier alpha value is -1.38.